The molecule has 3 aromatic rings. The van der Waals surface area contributed by atoms with Crippen LogP contribution < -0.4 is 4.74 Å². The Morgan fingerprint density at radius 2 is 1.91 bits per heavy atom. The summed E-state index contributed by atoms with van der Waals surface area (Å²) >= 11 is 11.9. The number of halogens is 2. The number of fused-ring (bicyclic) bond motifs is 1. The molecule has 0 aliphatic heterocycles. The highest BCUT2D eigenvalue weighted by Gasteiger charge is 2.04. The number of ether oxygens (including phenoxy) is 1. The molecule has 110 valence electrons. The monoisotopic (exact) mass is 329 g/mol. The molecule has 1 aromatic heterocycles. The molecule has 0 unspecified atom stereocenters. The van der Waals surface area contributed by atoms with Crippen LogP contribution in [0.25, 0.3) is 10.9 Å². The Morgan fingerprint density at radius 3 is 2.68 bits per heavy atom. The smallest absolute Gasteiger partial charge is 0.120 e. The molecule has 0 N–H and O–H groups in total. The van der Waals surface area contributed by atoms with Gasteiger partial charge in [0.2, 0.25) is 0 Å². The summed E-state index contributed by atoms with van der Waals surface area (Å²) in [5.74, 6) is 3.44. The van der Waals surface area contributed by atoms with Gasteiger partial charge in [-0.2, -0.15) is 0 Å². The summed E-state index contributed by atoms with van der Waals surface area (Å²) < 4.78 is 7.84. The Hall–Kier alpha value is -2.08. The predicted molar refractivity (Wildman–Crippen MR) is 91.6 cm³/mol. The van der Waals surface area contributed by atoms with Crippen molar-refractivity contribution in [1.29, 1.82) is 0 Å². The van der Waals surface area contributed by atoms with Crippen molar-refractivity contribution in [3.8, 4) is 18.1 Å². The molecule has 0 amide bonds. The van der Waals surface area contributed by atoms with Crippen LogP contribution in [-0.2, 0) is 13.2 Å². The van der Waals surface area contributed by atoms with Gasteiger partial charge in [0.1, 0.15) is 12.4 Å². The van der Waals surface area contributed by atoms with Gasteiger partial charge in [-0.15, -0.1) is 6.42 Å². The van der Waals surface area contributed by atoms with Gasteiger partial charge in [0.15, 0.2) is 0 Å². The molecule has 0 radical (unpaired) electrons. The van der Waals surface area contributed by atoms with Crippen LogP contribution in [0.5, 0.6) is 5.75 Å². The van der Waals surface area contributed by atoms with Gasteiger partial charge in [-0.05, 0) is 42.0 Å². The zero-order valence-electron chi connectivity index (χ0n) is 11.7. The lowest BCUT2D eigenvalue weighted by Crippen LogP contribution is -1.96. The molecule has 1 heterocycles. The van der Waals surface area contributed by atoms with E-state index in [0.717, 1.165) is 22.2 Å². The van der Waals surface area contributed by atoms with E-state index in [2.05, 4.69) is 5.92 Å². The SMILES string of the molecule is C#CCn1ccc2cc(OCc3ccc(Cl)c(Cl)c3)ccc21. The van der Waals surface area contributed by atoms with Crippen LogP contribution in [0.3, 0.4) is 0 Å². The topological polar surface area (TPSA) is 14.2 Å². The van der Waals surface area contributed by atoms with E-state index >= 15 is 0 Å². The predicted octanol–water partition coefficient (Wildman–Crippen LogP) is 5.16. The zero-order valence-corrected chi connectivity index (χ0v) is 13.2. The van der Waals surface area contributed by atoms with Crippen molar-refractivity contribution in [2.75, 3.05) is 0 Å². The van der Waals surface area contributed by atoms with Crippen LogP contribution in [0.4, 0.5) is 0 Å². The fourth-order valence-corrected chi connectivity index (χ4v) is 2.62. The van der Waals surface area contributed by atoms with Crippen molar-refractivity contribution in [3.63, 3.8) is 0 Å². The molecule has 0 saturated heterocycles. The normalized spacial score (nSPS) is 10.6. The summed E-state index contributed by atoms with van der Waals surface area (Å²) in [5, 5.41) is 2.17. The Morgan fingerprint density at radius 1 is 1.05 bits per heavy atom. The third-order valence-corrected chi connectivity index (χ3v) is 4.13. The standard InChI is InChI=1S/C18H13Cl2NO/c1-2-8-21-9-7-14-11-15(4-6-18(14)21)22-12-13-3-5-16(19)17(20)10-13/h1,3-7,9-11H,8,12H2. The van der Waals surface area contributed by atoms with Gasteiger partial charge in [0.25, 0.3) is 0 Å². The Kier molecular flexibility index (Phi) is 4.29. The van der Waals surface area contributed by atoms with Crippen LogP contribution in [0, 0.1) is 12.3 Å². The first kappa shape index (κ1) is 14.8. The van der Waals surface area contributed by atoms with E-state index in [1.54, 1.807) is 6.07 Å². The number of aromatic nitrogens is 1. The van der Waals surface area contributed by atoms with Crippen molar-refractivity contribution in [2.24, 2.45) is 0 Å². The molecule has 22 heavy (non-hydrogen) atoms. The fourth-order valence-electron chi connectivity index (χ4n) is 2.30. The highest BCUT2D eigenvalue weighted by molar-refractivity contribution is 6.42. The molecule has 0 aliphatic carbocycles. The Bertz CT molecular complexity index is 861. The average Bonchev–Trinajstić information content (AvgIpc) is 2.91. The number of hydrogen-bond acceptors (Lipinski definition) is 1. The van der Waals surface area contributed by atoms with Crippen LogP contribution in [0.15, 0.2) is 48.7 Å². The molecule has 0 aliphatic rings. The second kappa shape index (κ2) is 6.36. The van der Waals surface area contributed by atoms with E-state index in [9.17, 15) is 0 Å². The summed E-state index contributed by atoms with van der Waals surface area (Å²) in [7, 11) is 0. The average molecular weight is 330 g/mol. The zero-order chi connectivity index (χ0) is 15.5. The number of terminal acetylenes is 1. The molecule has 2 nitrogen and oxygen atoms in total. The molecule has 0 spiro atoms. The first-order valence-corrected chi connectivity index (χ1v) is 7.52. The molecular weight excluding hydrogens is 317 g/mol. The van der Waals surface area contributed by atoms with E-state index < -0.39 is 0 Å². The Labute approximate surface area is 139 Å². The maximum absolute atomic E-state index is 6.00. The van der Waals surface area contributed by atoms with Crippen molar-refractivity contribution < 1.29 is 4.74 Å². The minimum Gasteiger partial charge on any atom is -0.489 e. The molecule has 0 bridgehead atoms. The van der Waals surface area contributed by atoms with E-state index in [4.69, 9.17) is 34.4 Å². The lowest BCUT2D eigenvalue weighted by molar-refractivity contribution is 0.306. The Balaban J connectivity index is 1.76. The molecule has 0 atom stereocenters. The second-order valence-electron chi connectivity index (χ2n) is 4.91. The first-order chi connectivity index (χ1) is 10.7. The number of hydrogen-bond donors (Lipinski definition) is 0. The largest absolute Gasteiger partial charge is 0.489 e. The molecule has 0 fully saturated rings. The first-order valence-electron chi connectivity index (χ1n) is 6.76. The van der Waals surface area contributed by atoms with Crippen molar-refractivity contribution in [3.05, 3.63) is 64.3 Å². The minimum atomic E-state index is 0.438. The highest BCUT2D eigenvalue weighted by Crippen LogP contribution is 2.25. The van der Waals surface area contributed by atoms with E-state index in [-0.39, 0.29) is 0 Å². The van der Waals surface area contributed by atoms with Crippen molar-refractivity contribution in [2.45, 2.75) is 13.2 Å². The second-order valence-corrected chi connectivity index (χ2v) is 5.72. The van der Waals surface area contributed by atoms with Crippen LogP contribution in [-0.4, -0.2) is 4.57 Å². The van der Waals surface area contributed by atoms with Gasteiger partial charge in [-0.1, -0.05) is 35.2 Å². The summed E-state index contributed by atoms with van der Waals surface area (Å²) in [6, 6.07) is 13.5. The highest BCUT2D eigenvalue weighted by atomic mass is 35.5. The fraction of sp³-hybridized carbons (Fsp3) is 0.111. The van der Waals surface area contributed by atoms with Crippen LogP contribution in [0.1, 0.15) is 5.56 Å². The molecule has 4 heteroatoms. The molecular formula is C18H13Cl2NO. The van der Waals surface area contributed by atoms with Crippen LogP contribution in [0.2, 0.25) is 10.0 Å². The van der Waals surface area contributed by atoms with Crippen LogP contribution >= 0.6 is 23.2 Å². The number of nitrogens with zero attached hydrogens (tertiary/aromatic N) is 1. The summed E-state index contributed by atoms with van der Waals surface area (Å²) in [6.45, 7) is 1.00. The van der Waals surface area contributed by atoms with Crippen molar-refractivity contribution >= 4 is 34.1 Å². The maximum atomic E-state index is 6.00. The van der Waals surface area contributed by atoms with Gasteiger partial charge < -0.3 is 9.30 Å². The lowest BCUT2D eigenvalue weighted by atomic mass is 10.2. The summed E-state index contributed by atoms with van der Waals surface area (Å²) in [6.07, 6.45) is 7.34. The molecule has 0 saturated carbocycles. The molecule has 2 aromatic carbocycles. The van der Waals surface area contributed by atoms with E-state index in [1.165, 1.54) is 0 Å². The summed E-state index contributed by atoms with van der Waals surface area (Å²) in [4.78, 5) is 0. The van der Waals surface area contributed by atoms with Crippen molar-refractivity contribution in [1.82, 2.24) is 4.57 Å². The third kappa shape index (κ3) is 3.06. The minimum absolute atomic E-state index is 0.438. The van der Waals surface area contributed by atoms with E-state index in [0.29, 0.717) is 23.2 Å². The van der Waals surface area contributed by atoms with Gasteiger partial charge in [-0.3, -0.25) is 0 Å². The van der Waals surface area contributed by atoms with Gasteiger partial charge in [0.05, 0.1) is 16.6 Å². The maximum Gasteiger partial charge on any atom is 0.120 e. The van der Waals surface area contributed by atoms with Gasteiger partial charge >= 0.3 is 0 Å². The van der Waals surface area contributed by atoms with E-state index in [1.807, 2.05) is 47.2 Å². The number of rotatable bonds is 4. The van der Waals surface area contributed by atoms with Gasteiger partial charge in [0, 0.05) is 17.1 Å². The summed E-state index contributed by atoms with van der Waals surface area (Å²) in [5.41, 5.74) is 2.07. The quantitative estimate of drug-likeness (QED) is 0.603. The van der Waals surface area contributed by atoms with Gasteiger partial charge in [-0.25, -0.2) is 0 Å². The number of benzene rings is 2. The third-order valence-electron chi connectivity index (χ3n) is 3.39. The lowest BCUT2D eigenvalue weighted by Gasteiger charge is -2.08. The molecule has 3 rings (SSSR count).